The van der Waals surface area contributed by atoms with Gasteiger partial charge in [0, 0.05) is 37.2 Å². The van der Waals surface area contributed by atoms with E-state index in [9.17, 15) is 9.59 Å². The molecular weight excluding hydrogens is 290 g/mol. The highest BCUT2D eigenvalue weighted by atomic mass is 16.2. The maximum Gasteiger partial charge on any atom is 0.279 e. The van der Waals surface area contributed by atoms with Gasteiger partial charge in [0.2, 0.25) is 0 Å². The molecule has 126 valence electrons. The first-order valence-electron chi connectivity index (χ1n) is 8.30. The van der Waals surface area contributed by atoms with Crippen LogP contribution in [0.5, 0.6) is 0 Å². The molecule has 0 aromatic heterocycles. The minimum Gasteiger partial charge on any atom is -0.345 e. The Labute approximate surface area is 138 Å². The van der Waals surface area contributed by atoms with Crippen molar-refractivity contribution in [2.24, 2.45) is 11.8 Å². The van der Waals surface area contributed by atoms with Crippen LogP contribution < -0.4 is 10.2 Å². The maximum absolute atomic E-state index is 12.2. The molecule has 1 saturated heterocycles. The van der Waals surface area contributed by atoms with Crippen LogP contribution in [0, 0.1) is 11.8 Å². The van der Waals surface area contributed by atoms with Gasteiger partial charge in [0.25, 0.3) is 11.8 Å². The molecule has 1 aliphatic rings. The average molecular weight is 318 g/mol. The van der Waals surface area contributed by atoms with Gasteiger partial charge < -0.3 is 15.1 Å². The third kappa shape index (κ3) is 5.06. The van der Waals surface area contributed by atoms with Crippen LogP contribution >= 0.6 is 0 Å². The number of carbonyl (C=O) groups excluding carboxylic acids is 2. The van der Waals surface area contributed by atoms with Crippen molar-refractivity contribution in [3.8, 4) is 0 Å². The summed E-state index contributed by atoms with van der Waals surface area (Å²) in [5.74, 6) is 1.35. The number of hydrogen-bond donors (Lipinski definition) is 2. The number of carbonyl (C=O) groups is 2. The first-order valence-corrected chi connectivity index (χ1v) is 8.30. The Morgan fingerprint density at radius 2 is 1.70 bits per heavy atom. The molecule has 1 aromatic carbocycles. The summed E-state index contributed by atoms with van der Waals surface area (Å²) in [6.07, 6.45) is 1.26. The van der Waals surface area contributed by atoms with Crippen LogP contribution in [0.1, 0.15) is 30.6 Å². The summed E-state index contributed by atoms with van der Waals surface area (Å²) in [6, 6.07) is 7.06. The molecule has 1 aliphatic heterocycles. The predicted octanol–water partition coefficient (Wildman–Crippen LogP) is 0.888. The van der Waals surface area contributed by atoms with Gasteiger partial charge in [-0.1, -0.05) is 13.8 Å². The lowest BCUT2D eigenvalue weighted by atomic mass is 9.92. The number of nitrogens with one attached hydrogen (secondary N) is 2. The summed E-state index contributed by atoms with van der Waals surface area (Å²) in [5.41, 5.74) is 1.36. The average Bonchev–Trinajstić information content (AvgIpc) is 2.45. The van der Waals surface area contributed by atoms with Gasteiger partial charge >= 0.3 is 0 Å². The molecule has 5 nitrogen and oxygen atoms in total. The van der Waals surface area contributed by atoms with Gasteiger partial charge in [0.15, 0.2) is 6.54 Å². The van der Waals surface area contributed by atoms with Gasteiger partial charge in [-0.3, -0.25) is 9.59 Å². The summed E-state index contributed by atoms with van der Waals surface area (Å²) in [5, 5.41) is 2.93. The molecule has 23 heavy (non-hydrogen) atoms. The van der Waals surface area contributed by atoms with Crippen molar-refractivity contribution >= 4 is 17.5 Å². The van der Waals surface area contributed by atoms with Gasteiger partial charge in [0.05, 0.1) is 13.1 Å². The third-order valence-corrected chi connectivity index (χ3v) is 4.31. The fraction of sp³-hybridized carbons (Fsp3) is 0.556. The Morgan fingerprint density at radius 3 is 2.22 bits per heavy atom. The van der Waals surface area contributed by atoms with Crippen molar-refractivity contribution in [3.63, 3.8) is 0 Å². The maximum atomic E-state index is 12.2. The lowest BCUT2D eigenvalue weighted by molar-refractivity contribution is -0.904. The number of amides is 2. The van der Waals surface area contributed by atoms with Gasteiger partial charge in [0.1, 0.15) is 0 Å². The second-order valence-electron chi connectivity index (χ2n) is 7.11. The molecule has 1 aromatic rings. The minimum atomic E-state index is -0.0383. The quantitative estimate of drug-likeness (QED) is 0.866. The Kier molecular flexibility index (Phi) is 5.77. The third-order valence-electron chi connectivity index (χ3n) is 4.31. The monoisotopic (exact) mass is 318 g/mol. The molecule has 2 atom stereocenters. The highest BCUT2D eigenvalue weighted by Gasteiger charge is 2.26. The van der Waals surface area contributed by atoms with Gasteiger partial charge in [-0.2, -0.15) is 0 Å². The van der Waals surface area contributed by atoms with E-state index in [1.165, 1.54) is 16.2 Å². The minimum absolute atomic E-state index is 0.0352. The van der Waals surface area contributed by atoms with Gasteiger partial charge in [-0.25, -0.2) is 0 Å². The highest BCUT2D eigenvalue weighted by Crippen LogP contribution is 2.12. The molecule has 1 fully saturated rings. The first-order chi connectivity index (χ1) is 10.8. The standard InChI is InChI=1S/C18H27N3O2/c1-13-9-14(2)11-21(10-13)12-17(22)19-16-7-5-15(6-8-16)18(23)20(3)4/h5-8,13-14H,9-12H2,1-4H3,(H,19,22)/p+1/t13-,14-/m1/s1. The van der Waals surface area contributed by atoms with Crippen molar-refractivity contribution in [3.05, 3.63) is 29.8 Å². The molecule has 0 aliphatic carbocycles. The summed E-state index contributed by atoms with van der Waals surface area (Å²) in [6.45, 7) is 7.15. The van der Waals surface area contributed by atoms with E-state index >= 15 is 0 Å². The van der Waals surface area contributed by atoms with E-state index < -0.39 is 0 Å². The van der Waals surface area contributed by atoms with Crippen molar-refractivity contribution in [2.75, 3.05) is 39.0 Å². The molecule has 1 heterocycles. The zero-order valence-corrected chi connectivity index (χ0v) is 14.6. The van der Waals surface area contributed by atoms with Crippen molar-refractivity contribution < 1.29 is 14.5 Å². The van der Waals surface area contributed by atoms with Crippen LogP contribution in [-0.4, -0.2) is 50.4 Å². The van der Waals surface area contributed by atoms with E-state index in [0.717, 1.165) is 18.8 Å². The molecule has 5 heteroatoms. The number of benzene rings is 1. The molecule has 2 N–H and O–H groups in total. The van der Waals surface area contributed by atoms with Crippen LogP contribution in [-0.2, 0) is 4.79 Å². The van der Waals surface area contributed by atoms with Crippen LogP contribution in [0.4, 0.5) is 5.69 Å². The summed E-state index contributed by atoms with van der Waals surface area (Å²) >= 11 is 0. The molecule has 0 spiro atoms. The molecule has 2 rings (SSSR count). The number of quaternary nitrogens is 1. The largest absolute Gasteiger partial charge is 0.345 e. The Hall–Kier alpha value is -1.88. The van der Waals surface area contributed by atoms with E-state index in [-0.39, 0.29) is 11.8 Å². The topological polar surface area (TPSA) is 53.9 Å². The fourth-order valence-electron chi connectivity index (χ4n) is 3.45. The SMILES string of the molecule is C[C@@H]1C[C@@H](C)C[NH+](CC(=O)Nc2ccc(C(=O)N(C)C)cc2)C1. The molecule has 0 unspecified atom stereocenters. The van der Waals surface area contributed by atoms with Crippen molar-refractivity contribution in [1.29, 1.82) is 0 Å². The lowest BCUT2D eigenvalue weighted by Crippen LogP contribution is -3.15. The zero-order chi connectivity index (χ0) is 17.0. The number of nitrogens with zero attached hydrogens (tertiary/aromatic N) is 1. The highest BCUT2D eigenvalue weighted by molar-refractivity contribution is 5.95. The number of rotatable bonds is 4. The molecule has 2 amide bonds. The molecule has 0 radical (unpaired) electrons. The van der Waals surface area contributed by atoms with E-state index in [2.05, 4.69) is 19.2 Å². The molecular formula is C18H28N3O2+. The zero-order valence-electron chi connectivity index (χ0n) is 14.6. The number of anilines is 1. The predicted molar refractivity (Wildman–Crippen MR) is 91.6 cm³/mol. The number of likely N-dealkylation sites (tertiary alicyclic amines) is 1. The first kappa shape index (κ1) is 17.5. The normalized spacial score (nSPS) is 24.1. The van der Waals surface area contributed by atoms with Crippen molar-refractivity contribution in [1.82, 2.24) is 4.90 Å². The summed E-state index contributed by atoms with van der Waals surface area (Å²) < 4.78 is 0. The smallest absolute Gasteiger partial charge is 0.279 e. The summed E-state index contributed by atoms with van der Waals surface area (Å²) in [7, 11) is 3.45. The van der Waals surface area contributed by atoms with Gasteiger partial charge in [-0.15, -0.1) is 0 Å². The van der Waals surface area contributed by atoms with E-state index in [1.54, 1.807) is 38.4 Å². The number of hydrogen-bond acceptors (Lipinski definition) is 2. The van der Waals surface area contributed by atoms with Crippen molar-refractivity contribution in [2.45, 2.75) is 20.3 Å². The second-order valence-corrected chi connectivity index (χ2v) is 7.11. The summed E-state index contributed by atoms with van der Waals surface area (Å²) in [4.78, 5) is 26.9. The van der Waals surface area contributed by atoms with Crippen LogP contribution in [0.3, 0.4) is 0 Å². The molecule has 0 saturated carbocycles. The fourth-order valence-corrected chi connectivity index (χ4v) is 3.45. The molecule has 0 bridgehead atoms. The Balaban J connectivity index is 1.89. The van der Waals surface area contributed by atoms with Crippen LogP contribution in [0.2, 0.25) is 0 Å². The number of piperidine rings is 1. The Morgan fingerprint density at radius 1 is 1.13 bits per heavy atom. The second kappa shape index (κ2) is 7.59. The van der Waals surface area contributed by atoms with E-state index in [1.807, 2.05) is 0 Å². The van der Waals surface area contributed by atoms with Gasteiger partial charge in [-0.05, 0) is 30.7 Å². The van der Waals surface area contributed by atoms with Crippen LogP contribution in [0.15, 0.2) is 24.3 Å². The Bertz CT molecular complexity index is 544. The lowest BCUT2D eigenvalue weighted by Gasteiger charge is -2.31. The van der Waals surface area contributed by atoms with E-state index in [4.69, 9.17) is 0 Å². The van der Waals surface area contributed by atoms with E-state index in [0.29, 0.717) is 23.9 Å². The van der Waals surface area contributed by atoms with Crippen LogP contribution in [0.25, 0.3) is 0 Å².